The first-order valence-corrected chi connectivity index (χ1v) is 7.31. The quantitative estimate of drug-likeness (QED) is 0.770. The minimum Gasteiger partial charge on any atom is -0.267 e. The third-order valence-corrected chi connectivity index (χ3v) is 4.77. The third kappa shape index (κ3) is 1.83. The molecule has 7 heteroatoms. The normalized spacial score (nSPS) is 11.8. The van der Waals surface area contributed by atoms with Gasteiger partial charge in [0.2, 0.25) is 0 Å². The molecule has 1 aromatic carbocycles. The molecule has 0 saturated heterocycles. The molecule has 6 nitrogen and oxygen atoms in total. The van der Waals surface area contributed by atoms with E-state index in [4.69, 9.17) is 0 Å². The number of aromatic nitrogens is 3. The summed E-state index contributed by atoms with van der Waals surface area (Å²) in [5.74, 6) is 0. The zero-order valence-electron chi connectivity index (χ0n) is 10.6. The van der Waals surface area contributed by atoms with Crippen LogP contribution in [0.2, 0.25) is 0 Å². The van der Waals surface area contributed by atoms with E-state index in [0.29, 0.717) is 0 Å². The van der Waals surface area contributed by atoms with Crippen molar-refractivity contribution in [3.8, 4) is 0 Å². The molecule has 2 heterocycles. The highest BCUT2D eigenvalue weighted by atomic mass is 32.2. The van der Waals surface area contributed by atoms with Crippen LogP contribution >= 0.6 is 0 Å². The molecule has 3 aromatic rings. The molecule has 0 spiro atoms. The molecule has 0 atom stereocenters. The Morgan fingerprint density at radius 2 is 1.85 bits per heavy atom. The van der Waals surface area contributed by atoms with Crippen LogP contribution in [-0.4, -0.2) is 22.6 Å². The van der Waals surface area contributed by atoms with Gasteiger partial charge in [0.05, 0.1) is 22.0 Å². The summed E-state index contributed by atoms with van der Waals surface area (Å²) in [6.45, 7) is 1.88. The number of H-pyrrole nitrogens is 1. The molecule has 1 N–H and O–H groups in total. The van der Waals surface area contributed by atoms with E-state index in [1.165, 1.54) is 30.6 Å². The lowest BCUT2D eigenvalue weighted by Gasteiger charge is -2.07. The molecule has 0 unspecified atom stereocenters. The van der Waals surface area contributed by atoms with Crippen molar-refractivity contribution in [2.75, 3.05) is 0 Å². The number of nitrogens with zero attached hydrogens (tertiary/aromatic N) is 2. The van der Waals surface area contributed by atoms with Gasteiger partial charge in [0, 0.05) is 6.20 Å². The number of rotatable bonds is 2. The lowest BCUT2D eigenvalue weighted by molar-refractivity contribution is 0.589. The standard InChI is InChI=1S/C13H11N3O3S/c1-9-2-4-10(5-3-9)20(18,19)16-7-6-11-12(16)8-14-15-13(11)17/h2-8H,1H3,(H,15,17). The van der Waals surface area contributed by atoms with Gasteiger partial charge in [-0.15, -0.1) is 0 Å². The average Bonchev–Trinajstić information content (AvgIpc) is 2.85. The Kier molecular flexibility index (Phi) is 2.72. The van der Waals surface area contributed by atoms with Crippen LogP contribution in [0.15, 0.2) is 52.4 Å². The van der Waals surface area contributed by atoms with Crippen molar-refractivity contribution in [3.05, 3.63) is 58.6 Å². The summed E-state index contributed by atoms with van der Waals surface area (Å²) in [4.78, 5) is 11.7. The van der Waals surface area contributed by atoms with Gasteiger partial charge in [0.1, 0.15) is 0 Å². The van der Waals surface area contributed by atoms with Gasteiger partial charge in [-0.25, -0.2) is 17.5 Å². The highest BCUT2D eigenvalue weighted by Gasteiger charge is 2.19. The van der Waals surface area contributed by atoms with Crippen LogP contribution in [0.4, 0.5) is 0 Å². The van der Waals surface area contributed by atoms with E-state index >= 15 is 0 Å². The smallest absolute Gasteiger partial charge is 0.267 e. The minimum atomic E-state index is -3.73. The first kappa shape index (κ1) is 12.6. The van der Waals surface area contributed by atoms with Gasteiger partial charge in [-0.3, -0.25) is 4.79 Å². The maximum Gasteiger partial charge on any atom is 0.273 e. The van der Waals surface area contributed by atoms with E-state index in [2.05, 4.69) is 10.2 Å². The number of benzene rings is 1. The van der Waals surface area contributed by atoms with Crippen LogP contribution in [0.5, 0.6) is 0 Å². The van der Waals surface area contributed by atoms with Crippen LogP contribution in [0, 0.1) is 6.92 Å². The monoisotopic (exact) mass is 289 g/mol. The maximum absolute atomic E-state index is 12.6. The zero-order valence-corrected chi connectivity index (χ0v) is 11.4. The highest BCUT2D eigenvalue weighted by Crippen LogP contribution is 2.19. The minimum absolute atomic E-state index is 0.167. The van der Waals surface area contributed by atoms with Gasteiger partial charge in [-0.05, 0) is 25.1 Å². The molecule has 0 aliphatic carbocycles. The molecule has 3 rings (SSSR count). The van der Waals surface area contributed by atoms with E-state index in [9.17, 15) is 13.2 Å². The molecule has 102 valence electrons. The molecule has 2 aromatic heterocycles. The van der Waals surface area contributed by atoms with Gasteiger partial charge < -0.3 is 0 Å². The second kappa shape index (κ2) is 4.31. The predicted molar refractivity (Wildman–Crippen MR) is 74.1 cm³/mol. The Hall–Kier alpha value is -2.41. The molecule has 0 aliphatic heterocycles. The Bertz CT molecular complexity index is 937. The number of nitrogens with one attached hydrogen (secondary N) is 1. The fourth-order valence-electron chi connectivity index (χ4n) is 1.99. The molecular formula is C13H11N3O3S. The maximum atomic E-state index is 12.6. The largest absolute Gasteiger partial charge is 0.273 e. The van der Waals surface area contributed by atoms with Crippen LogP contribution in [0.1, 0.15) is 5.56 Å². The van der Waals surface area contributed by atoms with Gasteiger partial charge in [-0.2, -0.15) is 5.10 Å². The van der Waals surface area contributed by atoms with Gasteiger partial charge in [-0.1, -0.05) is 17.7 Å². The fourth-order valence-corrected chi connectivity index (χ4v) is 3.32. The van der Waals surface area contributed by atoms with E-state index in [1.807, 2.05) is 6.92 Å². The Balaban J connectivity index is 2.27. The van der Waals surface area contributed by atoms with E-state index in [1.54, 1.807) is 12.1 Å². The van der Waals surface area contributed by atoms with Crippen molar-refractivity contribution < 1.29 is 8.42 Å². The number of hydrogen-bond donors (Lipinski definition) is 1. The van der Waals surface area contributed by atoms with Gasteiger partial charge in [0.25, 0.3) is 15.6 Å². The summed E-state index contributed by atoms with van der Waals surface area (Å²) < 4.78 is 26.2. The number of aryl methyl sites for hydroxylation is 1. The summed E-state index contributed by atoms with van der Waals surface area (Å²) >= 11 is 0. The molecule has 20 heavy (non-hydrogen) atoms. The molecule has 0 saturated carbocycles. The van der Waals surface area contributed by atoms with Crippen molar-refractivity contribution in [2.24, 2.45) is 0 Å². The number of hydrogen-bond acceptors (Lipinski definition) is 4. The van der Waals surface area contributed by atoms with Crippen LogP contribution in [0.3, 0.4) is 0 Å². The first-order chi connectivity index (χ1) is 9.50. The average molecular weight is 289 g/mol. The van der Waals surface area contributed by atoms with E-state index < -0.39 is 15.6 Å². The number of aromatic amines is 1. The predicted octanol–water partition coefficient (Wildman–Crippen LogP) is 1.27. The summed E-state index contributed by atoms with van der Waals surface area (Å²) in [6, 6.07) is 7.99. The SMILES string of the molecule is Cc1ccc(S(=O)(=O)n2ccc3c(=O)[nH]ncc32)cc1. The summed E-state index contributed by atoms with van der Waals surface area (Å²) in [6.07, 6.45) is 2.68. The van der Waals surface area contributed by atoms with E-state index in [0.717, 1.165) is 9.54 Å². The second-order valence-corrected chi connectivity index (χ2v) is 6.24. The van der Waals surface area contributed by atoms with Crippen molar-refractivity contribution >= 4 is 20.9 Å². The van der Waals surface area contributed by atoms with Crippen LogP contribution in [-0.2, 0) is 10.0 Å². The molecule has 0 bridgehead atoms. The molecule has 0 radical (unpaired) electrons. The summed E-state index contributed by atoms with van der Waals surface area (Å²) in [7, 11) is -3.73. The fraction of sp³-hybridized carbons (Fsp3) is 0.0769. The lowest BCUT2D eigenvalue weighted by Crippen LogP contribution is -2.13. The van der Waals surface area contributed by atoms with Crippen molar-refractivity contribution in [2.45, 2.75) is 11.8 Å². The Morgan fingerprint density at radius 3 is 2.55 bits per heavy atom. The van der Waals surface area contributed by atoms with E-state index in [-0.39, 0.29) is 15.8 Å². The topological polar surface area (TPSA) is 84.8 Å². The Morgan fingerprint density at radius 1 is 1.15 bits per heavy atom. The summed E-state index contributed by atoms with van der Waals surface area (Å²) in [5.41, 5.74) is 0.814. The summed E-state index contributed by atoms with van der Waals surface area (Å²) in [5, 5.41) is 6.20. The lowest BCUT2D eigenvalue weighted by atomic mass is 10.2. The van der Waals surface area contributed by atoms with Crippen molar-refractivity contribution in [1.82, 2.24) is 14.2 Å². The second-order valence-electron chi connectivity index (χ2n) is 4.43. The highest BCUT2D eigenvalue weighted by molar-refractivity contribution is 7.90. The first-order valence-electron chi connectivity index (χ1n) is 5.87. The van der Waals surface area contributed by atoms with Crippen molar-refractivity contribution in [1.29, 1.82) is 0 Å². The Labute approximate surface area is 114 Å². The zero-order chi connectivity index (χ0) is 14.3. The van der Waals surface area contributed by atoms with Crippen LogP contribution in [0.25, 0.3) is 10.9 Å². The van der Waals surface area contributed by atoms with Crippen molar-refractivity contribution in [3.63, 3.8) is 0 Å². The van der Waals surface area contributed by atoms with Gasteiger partial charge >= 0.3 is 0 Å². The molecule has 0 amide bonds. The molecule has 0 fully saturated rings. The molecular weight excluding hydrogens is 278 g/mol. The third-order valence-electron chi connectivity index (χ3n) is 3.07. The van der Waals surface area contributed by atoms with Crippen LogP contribution < -0.4 is 5.56 Å². The number of fused-ring (bicyclic) bond motifs is 1. The van der Waals surface area contributed by atoms with Gasteiger partial charge in [0.15, 0.2) is 0 Å². The molecule has 0 aliphatic rings.